The molecule has 0 amide bonds. The molecule has 2 fully saturated rings. The minimum Gasteiger partial charge on any atom is -0.300 e. The molecule has 80 valence electrons. The molecule has 0 aromatic rings. The quantitative estimate of drug-likeness (QED) is 0.688. The van der Waals surface area contributed by atoms with Gasteiger partial charge in [0.15, 0.2) is 0 Å². The van der Waals surface area contributed by atoms with Gasteiger partial charge in [0.2, 0.25) is 0 Å². The van der Waals surface area contributed by atoms with Crippen molar-refractivity contribution in [3.63, 3.8) is 0 Å². The Hall–Kier alpha value is -0.370. The summed E-state index contributed by atoms with van der Waals surface area (Å²) in [7, 11) is 2.21. The van der Waals surface area contributed by atoms with E-state index in [0.29, 0.717) is 11.8 Å². The van der Waals surface area contributed by atoms with Crippen LogP contribution >= 0.6 is 0 Å². The summed E-state index contributed by atoms with van der Waals surface area (Å²) < 4.78 is 0. The minimum absolute atomic E-state index is 0.479. The maximum atomic E-state index is 11.5. The van der Waals surface area contributed by atoms with E-state index < -0.39 is 0 Å². The van der Waals surface area contributed by atoms with E-state index in [1.807, 2.05) is 0 Å². The molecule has 0 bridgehead atoms. The van der Waals surface area contributed by atoms with E-state index in [1.165, 1.54) is 19.3 Å². The van der Waals surface area contributed by atoms with Gasteiger partial charge in [-0.3, -0.25) is 9.69 Å². The lowest BCUT2D eigenvalue weighted by Gasteiger charge is -2.37. The van der Waals surface area contributed by atoms with Crippen LogP contribution in [-0.2, 0) is 4.79 Å². The van der Waals surface area contributed by atoms with Crippen molar-refractivity contribution < 1.29 is 4.79 Å². The van der Waals surface area contributed by atoms with Crippen LogP contribution < -0.4 is 0 Å². The number of carbonyl (C=O) groups excluding carboxylic acids is 1. The third-order valence-electron chi connectivity index (χ3n) is 3.95. The van der Waals surface area contributed by atoms with Crippen molar-refractivity contribution in [3.05, 3.63) is 0 Å². The Bertz CT molecular complexity index is 220. The predicted octanol–water partition coefficient (Wildman–Crippen LogP) is 2.23. The van der Waals surface area contributed by atoms with Gasteiger partial charge in [0.1, 0.15) is 5.78 Å². The topological polar surface area (TPSA) is 20.3 Å². The monoisotopic (exact) mass is 195 g/mol. The van der Waals surface area contributed by atoms with Crippen LogP contribution in [0.25, 0.3) is 0 Å². The van der Waals surface area contributed by atoms with Crippen molar-refractivity contribution in [1.82, 2.24) is 4.90 Å². The van der Waals surface area contributed by atoms with Crippen molar-refractivity contribution in [2.24, 2.45) is 5.92 Å². The fourth-order valence-electron chi connectivity index (χ4n) is 2.75. The number of Topliss-reactive ketones (excluding diaryl/α,β-unsaturated/α-hetero) is 1. The maximum absolute atomic E-state index is 11.5. The first-order valence-corrected chi connectivity index (χ1v) is 5.96. The SMILES string of the molecule is CCC1CCC(=O)CC1N(C)C1CC1. The van der Waals surface area contributed by atoms with Crippen molar-refractivity contribution >= 4 is 5.78 Å². The van der Waals surface area contributed by atoms with Gasteiger partial charge < -0.3 is 0 Å². The Morgan fingerprint density at radius 3 is 2.64 bits per heavy atom. The molecule has 2 saturated carbocycles. The number of hydrogen-bond donors (Lipinski definition) is 0. The second-order valence-electron chi connectivity index (χ2n) is 4.91. The highest BCUT2D eigenvalue weighted by Gasteiger charge is 2.37. The van der Waals surface area contributed by atoms with Gasteiger partial charge in [-0.25, -0.2) is 0 Å². The molecule has 0 aromatic carbocycles. The van der Waals surface area contributed by atoms with Gasteiger partial charge in [0.25, 0.3) is 0 Å². The molecule has 0 saturated heterocycles. The average Bonchev–Trinajstić information content (AvgIpc) is 3.00. The molecule has 0 N–H and O–H groups in total. The van der Waals surface area contributed by atoms with Crippen molar-refractivity contribution in [1.29, 1.82) is 0 Å². The summed E-state index contributed by atoms with van der Waals surface area (Å²) in [6.45, 7) is 2.26. The molecular formula is C12H21NO. The van der Waals surface area contributed by atoms with Crippen LogP contribution in [0.15, 0.2) is 0 Å². The molecule has 2 aliphatic carbocycles. The zero-order valence-electron chi connectivity index (χ0n) is 9.33. The Balaban J connectivity index is 1.99. The molecule has 0 radical (unpaired) electrons. The van der Waals surface area contributed by atoms with Crippen LogP contribution in [-0.4, -0.2) is 29.8 Å². The second-order valence-corrected chi connectivity index (χ2v) is 4.91. The smallest absolute Gasteiger partial charge is 0.134 e. The lowest BCUT2D eigenvalue weighted by atomic mass is 9.81. The van der Waals surface area contributed by atoms with Crippen LogP contribution in [0.2, 0.25) is 0 Å². The third-order valence-corrected chi connectivity index (χ3v) is 3.95. The molecule has 0 aromatic heterocycles. The molecule has 2 unspecified atom stereocenters. The van der Waals surface area contributed by atoms with Crippen LogP contribution in [0, 0.1) is 5.92 Å². The van der Waals surface area contributed by atoms with Gasteiger partial charge >= 0.3 is 0 Å². The first kappa shape index (κ1) is 10.2. The van der Waals surface area contributed by atoms with Gasteiger partial charge in [-0.15, -0.1) is 0 Å². The van der Waals surface area contributed by atoms with Gasteiger partial charge in [0, 0.05) is 24.9 Å². The fourth-order valence-corrected chi connectivity index (χ4v) is 2.75. The summed E-state index contributed by atoms with van der Waals surface area (Å²) in [4.78, 5) is 13.9. The summed E-state index contributed by atoms with van der Waals surface area (Å²) in [6, 6.07) is 1.34. The number of rotatable bonds is 3. The van der Waals surface area contributed by atoms with E-state index in [-0.39, 0.29) is 0 Å². The first-order chi connectivity index (χ1) is 6.72. The van der Waals surface area contributed by atoms with E-state index >= 15 is 0 Å². The molecule has 2 atom stereocenters. The normalized spacial score (nSPS) is 33.8. The second kappa shape index (κ2) is 4.01. The fraction of sp³-hybridized carbons (Fsp3) is 0.917. The van der Waals surface area contributed by atoms with E-state index in [1.54, 1.807) is 0 Å². The van der Waals surface area contributed by atoms with Crippen LogP contribution in [0.5, 0.6) is 0 Å². The van der Waals surface area contributed by atoms with Crippen LogP contribution in [0.1, 0.15) is 45.4 Å². The zero-order valence-corrected chi connectivity index (χ0v) is 9.33. The standard InChI is InChI=1S/C12H21NO/c1-3-9-4-7-11(14)8-12(9)13(2)10-5-6-10/h9-10,12H,3-8H2,1-2H3. The maximum Gasteiger partial charge on any atom is 0.134 e. The molecule has 2 rings (SSSR count). The highest BCUT2D eigenvalue weighted by atomic mass is 16.1. The number of nitrogens with zero attached hydrogens (tertiary/aromatic N) is 1. The molecule has 0 aliphatic heterocycles. The Labute approximate surface area is 86.7 Å². The highest BCUT2D eigenvalue weighted by Crippen LogP contribution is 2.35. The molecule has 2 nitrogen and oxygen atoms in total. The van der Waals surface area contributed by atoms with E-state index in [4.69, 9.17) is 0 Å². The molecule has 0 heterocycles. The number of carbonyl (C=O) groups is 1. The molecule has 0 spiro atoms. The lowest BCUT2D eigenvalue weighted by Crippen LogP contribution is -2.43. The van der Waals surface area contributed by atoms with Crippen molar-refractivity contribution in [2.45, 2.75) is 57.5 Å². The van der Waals surface area contributed by atoms with Crippen LogP contribution in [0.3, 0.4) is 0 Å². The highest BCUT2D eigenvalue weighted by molar-refractivity contribution is 5.79. The summed E-state index contributed by atoms with van der Waals surface area (Å²) in [5.41, 5.74) is 0. The largest absolute Gasteiger partial charge is 0.300 e. The first-order valence-electron chi connectivity index (χ1n) is 5.96. The zero-order chi connectivity index (χ0) is 10.1. The number of hydrogen-bond acceptors (Lipinski definition) is 2. The van der Waals surface area contributed by atoms with E-state index in [0.717, 1.165) is 31.2 Å². The average molecular weight is 195 g/mol. The van der Waals surface area contributed by atoms with Crippen molar-refractivity contribution in [2.75, 3.05) is 7.05 Å². The predicted molar refractivity (Wildman–Crippen MR) is 57.2 cm³/mol. The van der Waals surface area contributed by atoms with Gasteiger partial charge in [-0.2, -0.15) is 0 Å². The summed E-state index contributed by atoms with van der Waals surface area (Å²) >= 11 is 0. The molecule has 2 aliphatic rings. The summed E-state index contributed by atoms with van der Waals surface area (Å²) in [5.74, 6) is 1.24. The molecular weight excluding hydrogens is 174 g/mol. The summed E-state index contributed by atoms with van der Waals surface area (Å²) in [5, 5.41) is 0. The van der Waals surface area contributed by atoms with Gasteiger partial charge in [-0.05, 0) is 32.2 Å². The molecule has 14 heavy (non-hydrogen) atoms. The van der Waals surface area contributed by atoms with Crippen LogP contribution in [0.4, 0.5) is 0 Å². The number of ketones is 1. The minimum atomic E-state index is 0.479. The Morgan fingerprint density at radius 1 is 1.36 bits per heavy atom. The Morgan fingerprint density at radius 2 is 2.07 bits per heavy atom. The van der Waals surface area contributed by atoms with Gasteiger partial charge in [-0.1, -0.05) is 13.3 Å². The van der Waals surface area contributed by atoms with E-state index in [9.17, 15) is 4.79 Å². The third kappa shape index (κ3) is 2.00. The van der Waals surface area contributed by atoms with Gasteiger partial charge in [0.05, 0.1) is 0 Å². The molecule has 2 heteroatoms. The lowest BCUT2D eigenvalue weighted by molar-refractivity contribution is -0.123. The van der Waals surface area contributed by atoms with Crippen molar-refractivity contribution in [3.8, 4) is 0 Å². The summed E-state index contributed by atoms with van der Waals surface area (Å²) in [6.07, 6.45) is 6.68. The van der Waals surface area contributed by atoms with E-state index in [2.05, 4.69) is 18.9 Å². The Kier molecular flexibility index (Phi) is 2.91.